The van der Waals surface area contributed by atoms with Crippen LogP contribution in [0, 0.1) is 0 Å². The van der Waals surface area contributed by atoms with E-state index in [9.17, 15) is 0 Å². The molecule has 1 fully saturated rings. The summed E-state index contributed by atoms with van der Waals surface area (Å²) in [5, 5.41) is 1.68. The molecule has 0 spiro atoms. The van der Waals surface area contributed by atoms with Gasteiger partial charge in [0.05, 0.1) is 18.5 Å². The fourth-order valence-corrected chi connectivity index (χ4v) is 3.11. The zero-order chi connectivity index (χ0) is 11.5. The summed E-state index contributed by atoms with van der Waals surface area (Å²) in [5.41, 5.74) is 7.29. The van der Waals surface area contributed by atoms with Crippen LogP contribution in [0.3, 0.4) is 0 Å². The molecular formula is C12H16ClNOS. The van der Waals surface area contributed by atoms with Crippen LogP contribution >= 0.6 is 23.4 Å². The summed E-state index contributed by atoms with van der Waals surface area (Å²) in [6, 6.07) is 8.09. The van der Waals surface area contributed by atoms with Crippen molar-refractivity contribution < 1.29 is 4.74 Å². The maximum Gasteiger partial charge on any atom is 0.0608 e. The van der Waals surface area contributed by atoms with Crippen molar-refractivity contribution in [1.82, 2.24) is 0 Å². The van der Waals surface area contributed by atoms with Gasteiger partial charge in [-0.1, -0.05) is 23.7 Å². The first-order chi connectivity index (χ1) is 7.66. The number of ether oxygens (including phenoxy) is 1. The highest BCUT2D eigenvalue weighted by Gasteiger charge is 2.26. The molecule has 2 nitrogen and oxygen atoms in total. The first kappa shape index (κ1) is 12.2. The molecule has 1 aromatic carbocycles. The van der Waals surface area contributed by atoms with E-state index in [1.54, 1.807) is 0 Å². The van der Waals surface area contributed by atoms with Gasteiger partial charge in [0.1, 0.15) is 0 Å². The maximum absolute atomic E-state index is 6.04. The number of rotatable bonds is 4. The molecule has 1 aliphatic rings. The number of hydrogen-bond acceptors (Lipinski definition) is 3. The highest BCUT2D eigenvalue weighted by atomic mass is 35.5. The van der Waals surface area contributed by atoms with Crippen LogP contribution in [0.1, 0.15) is 17.7 Å². The van der Waals surface area contributed by atoms with E-state index in [0.29, 0.717) is 10.5 Å². The van der Waals surface area contributed by atoms with Gasteiger partial charge < -0.3 is 10.5 Å². The van der Waals surface area contributed by atoms with Crippen molar-refractivity contribution >= 4 is 23.4 Å². The lowest BCUT2D eigenvalue weighted by atomic mass is 10.1. The van der Waals surface area contributed by atoms with Crippen molar-refractivity contribution in [1.29, 1.82) is 0 Å². The highest BCUT2D eigenvalue weighted by Crippen LogP contribution is 2.37. The van der Waals surface area contributed by atoms with Crippen molar-refractivity contribution in [2.24, 2.45) is 5.73 Å². The number of benzene rings is 1. The Balaban J connectivity index is 2.08. The molecular weight excluding hydrogens is 242 g/mol. The lowest BCUT2D eigenvalue weighted by Gasteiger charge is -2.31. The Morgan fingerprint density at radius 2 is 2.00 bits per heavy atom. The average Bonchev–Trinajstić information content (AvgIpc) is 2.18. The largest absolute Gasteiger partial charge is 0.379 e. The van der Waals surface area contributed by atoms with E-state index >= 15 is 0 Å². The van der Waals surface area contributed by atoms with Gasteiger partial charge in [-0.15, -0.1) is 11.8 Å². The van der Waals surface area contributed by atoms with Crippen LogP contribution in [0.2, 0.25) is 5.02 Å². The minimum Gasteiger partial charge on any atom is -0.379 e. The molecule has 88 valence electrons. The molecule has 2 rings (SSSR count). The van der Waals surface area contributed by atoms with Gasteiger partial charge in [-0.25, -0.2) is 0 Å². The lowest BCUT2D eigenvalue weighted by molar-refractivity contribution is 0.0452. The fourth-order valence-electron chi connectivity index (χ4n) is 1.66. The maximum atomic E-state index is 6.04. The topological polar surface area (TPSA) is 35.2 Å². The van der Waals surface area contributed by atoms with Gasteiger partial charge in [-0.3, -0.25) is 0 Å². The summed E-state index contributed by atoms with van der Waals surface area (Å²) in [4.78, 5) is 0. The molecule has 2 unspecified atom stereocenters. The van der Waals surface area contributed by atoms with E-state index in [1.165, 1.54) is 5.56 Å². The molecule has 0 bridgehead atoms. The molecule has 1 heterocycles. The zero-order valence-electron chi connectivity index (χ0n) is 9.23. The van der Waals surface area contributed by atoms with E-state index in [-0.39, 0.29) is 6.04 Å². The minimum absolute atomic E-state index is 0.131. The molecule has 1 aliphatic heterocycles. The quantitative estimate of drug-likeness (QED) is 0.901. The molecule has 0 aliphatic carbocycles. The minimum atomic E-state index is 0.131. The van der Waals surface area contributed by atoms with E-state index in [0.717, 1.165) is 18.2 Å². The van der Waals surface area contributed by atoms with Gasteiger partial charge in [0, 0.05) is 16.3 Å². The van der Waals surface area contributed by atoms with Crippen molar-refractivity contribution in [3.05, 3.63) is 34.9 Å². The summed E-state index contributed by atoms with van der Waals surface area (Å²) in [7, 11) is 0. The van der Waals surface area contributed by atoms with Crippen molar-refractivity contribution in [3.8, 4) is 0 Å². The second kappa shape index (κ2) is 5.41. The number of nitrogens with two attached hydrogens (primary N) is 1. The number of halogens is 1. The van der Waals surface area contributed by atoms with Crippen LogP contribution in [0.4, 0.5) is 0 Å². The molecule has 0 saturated carbocycles. The monoisotopic (exact) mass is 257 g/mol. The average molecular weight is 258 g/mol. The SMILES string of the molecule is CC(N)C(SC1COC1)c1ccc(Cl)cc1. The Morgan fingerprint density at radius 1 is 1.38 bits per heavy atom. The van der Waals surface area contributed by atoms with Gasteiger partial charge in [0.2, 0.25) is 0 Å². The molecule has 2 atom stereocenters. The fraction of sp³-hybridized carbons (Fsp3) is 0.500. The van der Waals surface area contributed by atoms with E-state index in [2.05, 4.69) is 12.1 Å². The molecule has 16 heavy (non-hydrogen) atoms. The molecule has 0 radical (unpaired) electrons. The van der Waals surface area contributed by atoms with Gasteiger partial charge >= 0.3 is 0 Å². The molecule has 1 saturated heterocycles. The number of thioether (sulfide) groups is 1. The van der Waals surface area contributed by atoms with E-state index in [1.807, 2.05) is 30.8 Å². The van der Waals surface area contributed by atoms with Crippen LogP contribution in [0.15, 0.2) is 24.3 Å². The Morgan fingerprint density at radius 3 is 2.44 bits per heavy atom. The first-order valence-corrected chi connectivity index (χ1v) is 6.73. The van der Waals surface area contributed by atoms with Crippen LogP contribution < -0.4 is 5.73 Å². The Labute approximate surface area is 105 Å². The summed E-state index contributed by atoms with van der Waals surface area (Å²) in [6.45, 7) is 3.74. The third-order valence-electron chi connectivity index (χ3n) is 2.62. The molecule has 0 amide bonds. The molecule has 2 N–H and O–H groups in total. The van der Waals surface area contributed by atoms with Crippen LogP contribution in [-0.4, -0.2) is 24.5 Å². The molecule has 0 aromatic heterocycles. The van der Waals surface area contributed by atoms with Gasteiger partial charge in [-0.05, 0) is 24.6 Å². The predicted octanol–water partition coefficient (Wildman–Crippen LogP) is 2.86. The predicted molar refractivity (Wildman–Crippen MR) is 70.0 cm³/mol. The molecule has 1 aromatic rings. The summed E-state index contributed by atoms with van der Waals surface area (Å²) in [5.74, 6) is 0. The Kier molecular flexibility index (Phi) is 4.14. The smallest absolute Gasteiger partial charge is 0.0608 e. The van der Waals surface area contributed by atoms with E-state index in [4.69, 9.17) is 22.1 Å². The van der Waals surface area contributed by atoms with Crippen molar-refractivity contribution in [2.75, 3.05) is 13.2 Å². The lowest BCUT2D eigenvalue weighted by Crippen LogP contribution is -2.34. The van der Waals surface area contributed by atoms with Crippen molar-refractivity contribution in [3.63, 3.8) is 0 Å². The van der Waals surface area contributed by atoms with Crippen molar-refractivity contribution in [2.45, 2.75) is 23.5 Å². The highest BCUT2D eigenvalue weighted by molar-refractivity contribution is 8.00. The van der Waals surface area contributed by atoms with Gasteiger partial charge in [0.15, 0.2) is 0 Å². The standard InChI is InChI=1S/C12H16ClNOS/c1-8(14)12(16-11-6-15-7-11)9-2-4-10(13)5-3-9/h2-5,8,11-12H,6-7,14H2,1H3. The second-order valence-electron chi connectivity index (χ2n) is 4.13. The third kappa shape index (κ3) is 2.92. The Bertz CT molecular complexity index is 337. The van der Waals surface area contributed by atoms with Crippen LogP contribution in [-0.2, 0) is 4.74 Å². The third-order valence-corrected chi connectivity index (χ3v) is 4.53. The summed E-state index contributed by atoms with van der Waals surface area (Å²) >= 11 is 7.79. The second-order valence-corrected chi connectivity index (χ2v) is 6.01. The van der Waals surface area contributed by atoms with Gasteiger partial charge in [0.25, 0.3) is 0 Å². The first-order valence-electron chi connectivity index (χ1n) is 5.41. The van der Waals surface area contributed by atoms with Crippen LogP contribution in [0.5, 0.6) is 0 Å². The summed E-state index contributed by atoms with van der Waals surface area (Å²) < 4.78 is 5.19. The normalized spacial score (nSPS) is 20.2. The van der Waals surface area contributed by atoms with Crippen LogP contribution in [0.25, 0.3) is 0 Å². The van der Waals surface area contributed by atoms with E-state index < -0.39 is 0 Å². The Hall–Kier alpha value is -0.220. The zero-order valence-corrected chi connectivity index (χ0v) is 10.8. The summed E-state index contributed by atoms with van der Waals surface area (Å²) in [6.07, 6.45) is 0. The molecule has 4 heteroatoms. The van der Waals surface area contributed by atoms with Gasteiger partial charge in [-0.2, -0.15) is 0 Å². The number of hydrogen-bond donors (Lipinski definition) is 1.